The lowest BCUT2D eigenvalue weighted by molar-refractivity contribution is -0.137. The van der Waals surface area contributed by atoms with Gasteiger partial charge in [-0.15, -0.1) is 0 Å². The molecule has 2 atom stereocenters. The number of carbonyl (C=O) groups is 3. The van der Waals surface area contributed by atoms with Gasteiger partial charge in [-0.05, 0) is 110 Å². The first-order valence-corrected chi connectivity index (χ1v) is 28.2. The SMILES string of the molecule is CCc1cc(Nc2ncc(Br)c(Nc3ccc4c(=O)n(C5CC5)ncc4c3P(C)(C)=O)n2)c(OC)cc1N1CCC(N2CCN(C(=O)[C@@H]3CCN(c4cc(F)c([C@H]5CCC(=O)NC5=O)c(F)c4)C3)CC2)CC1. The zero-order chi connectivity index (χ0) is 50.6. The van der Waals surface area contributed by atoms with Crippen molar-refractivity contribution < 1.29 is 32.5 Å². The Morgan fingerprint density at radius 3 is 2.25 bits per heavy atom. The standard InChI is InChI=1S/C51H59BrF2N11O6P/c1-5-29-22-41(58-51-55-27-37(52)47(60-51)57-40-10-8-34-36(46(40)72(3,4)70)26-56-65(50(34)69)32-6-7-32)43(71-2)25-42(29)62-16-13-31(14-17-62)61-18-20-63(21-19-61)49(68)30-12-15-64(28-30)33-23-38(53)45(39(54)24-33)35-9-11-44(66)59-48(35)67/h8,10,22-27,30-32,35H,5-7,9,11-21,28H2,1-4H3,(H,59,66,67)(H2,55,57,58,60)/t30-,35-/m1/s1. The van der Waals surface area contributed by atoms with E-state index in [9.17, 15) is 23.7 Å². The molecule has 10 rings (SSSR count). The third-order valence-electron chi connectivity index (χ3n) is 14.9. The third-order valence-corrected chi connectivity index (χ3v) is 17.1. The third kappa shape index (κ3) is 9.93. The Hall–Kier alpha value is -5.98. The lowest BCUT2D eigenvalue weighted by Gasteiger charge is -2.44. The van der Waals surface area contributed by atoms with Crippen LogP contribution >= 0.6 is 23.1 Å². The molecule has 5 aliphatic rings. The second-order valence-corrected chi connectivity index (χ2v) is 23.9. The van der Waals surface area contributed by atoms with Gasteiger partial charge in [-0.3, -0.25) is 29.4 Å². The molecule has 4 aliphatic heterocycles. The number of benzene rings is 3. The first-order chi connectivity index (χ1) is 34.6. The number of hydrogen-bond donors (Lipinski definition) is 3. The average Bonchev–Trinajstić information content (AvgIpc) is 4.09. The number of imide groups is 1. The van der Waals surface area contributed by atoms with Crippen molar-refractivity contribution in [3.63, 3.8) is 0 Å². The molecule has 4 saturated heterocycles. The Morgan fingerprint density at radius 1 is 0.861 bits per heavy atom. The minimum atomic E-state index is -2.93. The molecule has 0 radical (unpaired) electrons. The number of carbonyl (C=O) groups excluding carboxylic acids is 3. The van der Waals surface area contributed by atoms with E-state index in [-0.39, 0.29) is 41.8 Å². The van der Waals surface area contributed by atoms with E-state index < -0.39 is 36.5 Å². The first-order valence-electron chi connectivity index (χ1n) is 24.8. The van der Waals surface area contributed by atoms with E-state index in [1.54, 1.807) is 45.0 Å². The molecule has 3 amide bonds. The van der Waals surface area contributed by atoms with Crippen LogP contribution in [0.15, 0.2) is 58.1 Å². The summed E-state index contributed by atoms with van der Waals surface area (Å²) in [6.07, 6.45) is 8.50. The quantitative estimate of drug-likeness (QED) is 0.0806. The van der Waals surface area contributed by atoms with Crippen molar-refractivity contribution in [3.05, 3.63) is 86.4 Å². The predicted molar refractivity (Wildman–Crippen MR) is 277 cm³/mol. The number of rotatable bonds is 13. The smallest absolute Gasteiger partial charge is 0.274 e. The van der Waals surface area contributed by atoms with Crippen LogP contribution in [0, 0.1) is 17.6 Å². The molecule has 5 fully saturated rings. The normalized spacial score (nSPS) is 20.3. The summed E-state index contributed by atoms with van der Waals surface area (Å²) >= 11 is 3.59. The van der Waals surface area contributed by atoms with Crippen molar-refractivity contribution in [1.29, 1.82) is 0 Å². The summed E-state index contributed by atoms with van der Waals surface area (Å²) in [7, 11) is -1.29. The molecule has 5 aromatic rings. The molecule has 0 bridgehead atoms. The van der Waals surface area contributed by atoms with Crippen molar-refractivity contribution in [1.82, 2.24) is 34.9 Å². The highest BCUT2D eigenvalue weighted by molar-refractivity contribution is 9.10. The van der Waals surface area contributed by atoms with Gasteiger partial charge in [0.1, 0.15) is 30.3 Å². The molecule has 17 nitrogen and oxygen atoms in total. The van der Waals surface area contributed by atoms with Gasteiger partial charge in [-0.25, -0.2) is 18.4 Å². The lowest BCUT2D eigenvalue weighted by Crippen LogP contribution is -2.55. The molecule has 1 aliphatic carbocycles. The van der Waals surface area contributed by atoms with Crippen LogP contribution < -0.4 is 41.4 Å². The number of amides is 3. The zero-order valence-electron chi connectivity index (χ0n) is 40.9. The second kappa shape index (κ2) is 20.1. The summed E-state index contributed by atoms with van der Waals surface area (Å²) in [5.74, 6) is -2.68. The molecule has 380 valence electrons. The largest absolute Gasteiger partial charge is 0.494 e. The highest BCUT2D eigenvalue weighted by atomic mass is 79.9. The van der Waals surface area contributed by atoms with E-state index in [4.69, 9.17) is 9.72 Å². The number of aromatic nitrogens is 4. The molecule has 0 unspecified atom stereocenters. The van der Waals surface area contributed by atoms with Gasteiger partial charge in [-0.2, -0.15) is 10.1 Å². The summed E-state index contributed by atoms with van der Waals surface area (Å²) < 4.78 is 52.5. The Bertz CT molecular complexity index is 3060. The number of halogens is 3. The van der Waals surface area contributed by atoms with E-state index in [0.29, 0.717) is 93.8 Å². The maximum absolute atomic E-state index is 15.3. The summed E-state index contributed by atoms with van der Waals surface area (Å²) in [4.78, 5) is 69.1. The number of nitrogens with zero attached hydrogens (tertiary/aromatic N) is 8. The van der Waals surface area contributed by atoms with Crippen LogP contribution in [0.5, 0.6) is 5.75 Å². The number of hydrogen-bond acceptors (Lipinski definition) is 14. The second-order valence-electron chi connectivity index (χ2n) is 19.9. The number of nitrogens with one attached hydrogen (secondary N) is 3. The number of methoxy groups -OCH3 is 1. The average molecular weight is 1070 g/mol. The Labute approximate surface area is 424 Å². The summed E-state index contributed by atoms with van der Waals surface area (Å²) in [6, 6.07) is 10.7. The lowest BCUT2D eigenvalue weighted by atomic mass is 9.89. The zero-order valence-corrected chi connectivity index (χ0v) is 43.3. The summed E-state index contributed by atoms with van der Waals surface area (Å²) in [5, 5.41) is 14.9. The predicted octanol–water partition coefficient (Wildman–Crippen LogP) is 7.03. The number of aryl methyl sites for hydroxylation is 1. The van der Waals surface area contributed by atoms with Gasteiger partial charge in [-0.1, -0.05) is 6.92 Å². The molecule has 21 heteroatoms. The first kappa shape index (κ1) is 49.6. The van der Waals surface area contributed by atoms with Crippen molar-refractivity contribution in [2.75, 3.05) is 93.2 Å². The van der Waals surface area contributed by atoms with Gasteiger partial charge in [0.2, 0.25) is 23.7 Å². The number of fused-ring (bicyclic) bond motifs is 1. The minimum Gasteiger partial charge on any atom is -0.494 e. The molecule has 1 saturated carbocycles. The van der Waals surface area contributed by atoms with E-state index in [1.165, 1.54) is 16.8 Å². The number of piperazine rings is 1. The minimum absolute atomic E-state index is 0.0220. The van der Waals surface area contributed by atoms with Crippen LogP contribution in [0.2, 0.25) is 0 Å². The van der Waals surface area contributed by atoms with Crippen LogP contribution in [0.1, 0.15) is 75.0 Å². The molecule has 0 spiro atoms. The highest BCUT2D eigenvalue weighted by Gasteiger charge is 2.37. The van der Waals surface area contributed by atoms with E-state index in [2.05, 4.69) is 70.8 Å². The van der Waals surface area contributed by atoms with Gasteiger partial charge in [0.15, 0.2) is 0 Å². The van der Waals surface area contributed by atoms with Crippen LogP contribution in [0.3, 0.4) is 0 Å². The Balaban J connectivity index is 0.748. The monoisotopic (exact) mass is 1070 g/mol. The maximum atomic E-state index is 15.3. The van der Waals surface area contributed by atoms with Crippen LogP contribution in [0.25, 0.3) is 10.8 Å². The Kier molecular flexibility index (Phi) is 13.9. The van der Waals surface area contributed by atoms with Gasteiger partial charge in [0.25, 0.3) is 5.56 Å². The van der Waals surface area contributed by atoms with Crippen molar-refractivity contribution in [2.45, 2.75) is 76.3 Å². The van der Waals surface area contributed by atoms with E-state index >= 15 is 8.78 Å². The van der Waals surface area contributed by atoms with Crippen molar-refractivity contribution >= 4 is 91.4 Å². The molecule has 72 heavy (non-hydrogen) atoms. The number of ether oxygens (including phenoxy) is 1. The molecule has 3 aromatic carbocycles. The van der Waals surface area contributed by atoms with Crippen molar-refractivity contribution in [2.24, 2.45) is 5.92 Å². The summed E-state index contributed by atoms with van der Waals surface area (Å²) in [5.41, 5.74) is 3.35. The fourth-order valence-electron chi connectivity index (χ4n) is 11.0. The van der Waals surface area contributed by atoms with Gasteiger partial charge < -0.3 is 34.6 Å². The van der Waals surface area contributed by atoms with Gasteiger partial charge in [0.05, 0.1) is 52.4 Å². The van der Waals surface area contributed by atoms with Gasteiger partial charge >= 0.3 is 0 Å². The molecule has 6 heterocycles. The van der Waals surface area contributed by atoms with Crippen LogP contribution in [-0.2, 0) is 25.4 Å². The van der Waals surface area contributed by atoms with Crippen molar-refractivity contribution in [3.8, 4) is 5.75 Å². The fourth-order valence-corrected chi connectivity index (χ4v) is 12.8. The highest BCUT2D eigenvalue weighted by Crippen LogP contribution is 2.43. The fraction of sp³-hybridized carbons (Fsp3) is 0.471. The van der Waals surface area contributed by atoms with Gasteiger partial charge in [0, 0.05) is 105 Å². The molecular formula is C51H59BrF2N11O6P. The molecule has 2 aromatic heterocycles. The molecule has 3 N–H and O–H groups in total. The van der Waals surface area contributed by atoms with Crippen LogP contribution in [0.4, 0.5) is 43.3 Å². The Morgan fingerprint density at radius 2 is 1.58 bits per heavy atom. The summed E-state index contributed by atoms with van der Waals surface area (Å²) in [6.45, 7) is 10.8. The molecular weight excluding hydrogens is 1010 g/mol. The maximum Gasteiger partial charge on any atom is 0.274 e. The van der Waals surface area contributed by atoms with Crippen LogP contribution in [-0.4, -0.2) is 126 Å². The number of piperidine rings is 2. The number of anilines is 6. The van der Waals surface area contributed by atoms with E-state index in [1.807, 2.05) is 9.80 Å². The van der Waals surface area contributed by atoms with E-state index in [0.717, 1.165) is 69.5 Å². The topological polar surface area (TPSA) is 187 Å².